The second-order valence-electron chi connectivity index (χ2n) is 3.14. The van der Waals surface area contributed by atoms with E-state index in [1.165, 1.54) is 0 Å². The van der Waals surface area contributed by atoms with E-state index in [4.69, 9.17) is 21.4 Å². The molecule has 1 aromatic carbocycles. The van der Waals surface area contributed by atoms with Crippen molar-refractivity contribution >= 4 is 23.3 Å². The quantitative estimate of drug-likeness (QED) is 0.773. The van der Waals surface area contributed by atoms with Crippen LogP contribution in [0.3, 0.4) is 0 Å². The maximum absolute atomic E-state index is 11.4. The topological polar surface area (TPSA) is 58.6 Å². The Balaban J connectivity index is 2.62. The Bertz CT molecular complexity index is 340. The normalized spacial score (nSPS) is 11.9. The summed E-state index contributed by atoms with van der Waals surface area (Å²) in [5.41, 5.74) is 0.705. The minimum absolute atomic E-state index is 0.289. The van der Waals surface area contributed by atoms with Crippen LogP contribution in [0.1, 0.15) is 6.92 Å². The van der Waals surface area contributed by atoms with Crippen LogP contribution in [0, 0.1) is 0 Å². The van der Waals surface area contributed by atoms with Crippen molar-refractivity contribution in [2.24, 2.45) is 0 Å². The van der Waals surface area contributed by atoms with E-state index in [1.54, 1.807) is 31.2 Å². The van der Waals surface area contributed by atoms with Crippen LogP contribution in [0.2, 0.25) is 5.02 Å². The van der Waals surface area contributed by atoms with E-state index in [0.717, 1.165) is 0 Å². The van der Waals surface area contributed by atoms with Crippen LogP contribution in [0.15, 0.2) is 24.3 Å². The van der Waals surface area contributed by atoms with Gasteiger partial charge in [0.2, 0.25) is 0 Å². The van der Waals surface area contributed by atoms with Crippen molar-refractivity contribution in [2.45, 2.75) is 13.0 Å². The minimum atomic E-state index is -0.749. The monoisotopic (exact) mass is 243 g/mol. The number of carbonyl (C=O) groups is 1. The van der Waals surface area contributed by atoms with Gasteiger partial charge in [-0.25, -0.2) is 4.79 Å². The summed E-state index contributed by atoms with van der Waals surface area (Å²) in [7, 11) is 0. The number of esters is 1. The molecule has 0 saturated heterocycles. The summed E-state index contributed by atoms with van der Waals surface area (Å²) < 4.78 is 4.80. The molecule has 0 bridgehead atoms. The van der Waals surface area contributed by atoms with E-state index in [1.807, 2.05) is 0 Å². The zero-order valence-electron chi connectivity index (χ0n) is 8.94. The number of benzene rings is 1. The third-order valence-corrected chi connectivity index (χ3v) is 2.19. The number of hydrogen-bond donors (Lipinski definition) is 2. The van der Waals surface area contributed by atoms with E-state index in [2.05, 4.69) is 5.32 Å². The molecule has 4 nitrogen and oxygen atoms in total. The number of rotatable bonds is 5. The summed E-state index contributed by atoms with van der Waals surface area (Å²) in [4.78, 5) is 11.4. The first kappa shape index (κ1) is 12.8. The SMILES string of the molecule is CCOC(=O)[C@H](CO)Nc1ccc(Cl)cc1. The van der Waals surface area contributed by atoms with Crippen LogP contribution in [0.4, 0.5) is 5.69 Å². The molecule has 88 valence electrons. The van der Waals surface area contributed by atoms with Crippen molar-refractivity contribution in [3.8, 4) is 0 Å². The van der Waals surface area contributed by atoms with Gasteiger partial charge in [-0.3, -0.25) is 0 Å². The fraction of sp³-hybridized carbons (Fsp3) is 0.364. The predicted molar refractivity (Wildman–Crippen MR) is 62.6 cm³/mol. The lowest BCUT2D eigenvalue weighted by molar-refractivity contribution is -0.144. The number of carbonyl (C=O) groups excluding carboxylic acids is 1. The first-order valence-electron chi connectivity index (χ1n) is 4.97. The molecule has 0 fully saturated rings. The third kappa shape index (κ3) is 3.72. The molecular weight excluding hydrogens is 230 g/mol. The maximum atomic E-state index is 11.4. The molecule has 0 amide bonds. The standard InChI is InChI=1S/C11H14ClNO3/c1-2-16-11(15)10(7-14)13-9-5-3-8(12)4-6-9/h3-6,10,13-14H,2,7H2,1H3/t10-/m0/s1. The van der Waals surface area contributed by atoms with Crippen LogP contribution in [-0.4, -0.2) is 30.3 Å². The van der Waals surface area contributed by atoms with Crippen molar-refractivity contribution in [2.75, 3.05) is 18.5 Å². The summed E-state index contributed by atoms with van der Waals surface area (Å²) >= 11 is 5.73. The number of anilines is 1. The fourth-order valence-electron chi connectivity index (χ4n) is 1.17. The molecule has 0 spiro atoms. The lowest BCUT2D eigenvalue weighted by atomic mass is 10.2. The van der Waals surface area contributed by atoms with Gasteiger partial charge in [0.05, 0.1) is 13.2 Å². The molecule has 0 aromatic heterocycles. The van der Waals surface area contributed by atoms with E-state index >= 15 is 0 Å². The Morgan fingerprint density at radius 2 is 2.12 bits per heavy atom. The second kappa shape index (κ2) is 6.35. The second-order valence-corrected chi connectivity index (χ2v) is 3.57. The zero-order chi connectivity index (χ0) is 12.0. The van der Waals surface area contributed by atoms with Crippen LogP contribution < -0.4 is 5.32 Å². The molecule has 0 aliphatic heterocycles. The van der Waals surface area contributed by atoms with Crippen molar-refractivity contribution in [3.63, 3.8) is 0 Å². The Morgan fingerprint density at radius 1 is 1.50 bits per heavy atom. The lowest BCUT2D eigenvalue weighted by Gasteiger charge is -2.15. The Labute approximate surface area is 99.2 Å². The smallest absolute Gasteiger partial charge is 0.330 e. The maximum Gasteiger partial charge on any atom is 0.330 e. The highest BCUT2D eigenvalue weighted by molar-refractivity contribution is 6.30. The van der Waals surface area contributed by atoms with Gasteiger partial charge in [0.15, 0.2) is 0 Å². The number of halogens is 1. The fourth-order valence-corrected chi connectivity index (χ4v) is 1.30. The van der Waals surface area contributed by atoms with Crippen LogP contribution in [-0.2, 0) is 9.53 Å². The highest BCUT2D eigenvalue weighted by Crippen LogP contribution is 2.14. The Kier molecular flexibility index (Phi) is 5.08. The average molecular weight is 244 g/mol. The molecule has 0 radical (unpaired) electrons. The van der Waals surface area contributed by atoms with Gasteiger partial charge in [-0.2, -0.15) is 0 Å². The first-order valence-corrected chi connectivity index (χ1v) is 5.34. The summed E-state index contributed by atoms with van der Waals surface area (Å²) in [6.45, 7) is 1.69. The molecule has 1 rings (SSSR count). The summed E-state index contributed by atoms with van der Waals surface area (Å²) in [6.07, 6.45) is 0. The van der Waals surface area contributed by atoms with Gasteiger partial charge in [0, 0.05) is 10.7 Å². The van der Waals surface area contributed by atoms with Gasteiger partial charge in [-0.05, 0) is 31.2 Å². The summed E-state index contributed by atoms with van der Waals surface area (Å²) in [5, 5.41) is 12.5. The molecule has 0 aliphatic rings. The van der Waals surface area contributed by atoms with E-state index < -0.39 is 12.0 Å². The van der Waals surface area contributed by atoms with Crippen molar-refractivity contribution in [1.29, 1.82) is 0 Å². The molecule has 0 aliphatic carbocycles. The molecule has 2 N–H and O–H groups in total. The molecular formula is C11H14ClNO3. The van der Waals surface area contributed by atoms with Gasteiger partial charge < -0.3 is 15.2 Å². The molecule has 0 saturated carbocycles. The van der Waals surface area contributed by atoms with Crippen molar-refractivity contribution in [1.82, 2.24) is 0 Å². The molecule has 1 aromatic rings. The van der Waals surface area contributed by atoms with Crippen LogP contribution in [0.5, 0.6) is 0 Å². The van der Waals surface area contributed by atoms with Gasteiger partial charge >= 0.3 is 5.97 Å². The number of aliphatic hydroxyl groups is 1. The summed E-state index contributed by atoms with van der Waals surface area (Å²) in [6, 6.07) is 6.10. The van der Waals surface area contributed by atoms with Crippen molar-refractivity contribution in [3.05, 3.63) is 29.3 Å². The predicted octanol–water partition coefficient (Wildman–Crippen LogP) is 1.68. The van der Waals surface area contributed by atoms with Crippen molar-refractivity contribution < 1.29 is 14.6 Å². The van der Waals surface area contributed by atoms with E-state index in [9.17, 15) is 4.79 Å². The zero-order valence-corrected chi connectivity index (χ0v) is 9.70. The minimum Gasteiger partial charge on any atom is -0.464 e. The van der Waals surface area contributed by atoms with Gasteiger partial charge in [-0.15, -0.1) is 0 Å². The first-order chi connectivity index (χ1) is 7.67. The number of nitrogens with one attached hydrogen (secondary N) is 1. The number of hydrogen-bond acceptors (Lipinski definition) is 4. The van der Waals surface area contributed by atoms with E-state index in [-0.39, 0.29) is 13.2 Å². The largest absolute Gasteiger partial charge is 0.464 e. The molecule has 5 heteroatoms. The average Bonchev–Trinajstić information content (AvgIpc) is 2.28. The number of aliphatic hydroxyl groups excluding tert-OH is 1. The third-order valence-electron chi connectivity index (χ3n) is 1.94. The Morgan fingerprint density at radius 3 is 2.62 bits per heavy atom. The van der Waals surface area contributed by atoms with Crippen LogP contribution in [0.25, 0.3) is 0 Å². The molecule has 16 heavy (non-hydrogen) atoms. The summed E-state index contributed by atoms with van der Waals surface area (Å²) in [5.74, 6) is -0.472. The highest BCUT2D eigenvalue weighted by atomic mass is 35.5. The Hall–Kier alpha value is -1.26. The molecule has 0 unspecified atom stereocenters. The van der Waals surface area contributed by atoms with Crippen LogP contribution >= 0.6 is 11.6 Å². The van der Waals surface area contributed by atoms with Gasteiger partial charge in [-0.1, -0.05) is 11.6 Å². The lowest BCUT2D eigenvalue weighted by Crippen LogP contribution is -2.34. The van der Waals surface area contributed by atoms with Gasteiger partial charge in [0.1, 0.15) is 6.04 Å². The molecule has 1 atom stereocenters. The highest BCUT2D eigenvalue weighted by Gasteiger charge is 2.18. The molecule has 0 heterocycles. The number of ether oxygens (including phenoxy) is 1. The van der Waals surface area contributed by atoms with Gasteiger partial charge in [0.25, 0.3) is 0 Å². The van der Waals surface area contributed by atoms with E-state index in [0.29, 0.717) is 10.7 Å².